The van der Waals surface area contributed by atoms with E-state index in [0.29, 0.717) is 11.0 Å². The van der Waals surface area contributed by atoms with E-state index in [1.165, 1.54) is 0 Å². The molecule has 2 rings (SSSR count). The van der Waals surface area contributed by atoms with E-state index in [-0.39, 0.29) is 11.2 Å². The van der Waals surface area contributed by atoms with Crippen LogP contribution in [-0.4, -0.2) is 11.1 Å². The summed E-state index contributed by atoms with van der Waals surface area (Å²) in [6.45, 7) is 2.14. The fourth-order valence-corrected chi connectivity index (χ4v) is 2.04. The van der Waals surface area contributed by atoms with Crippen LogP contribution in [0, 0.1) is 0 Å². The average molecular weight is 260 g/mol. The number of unbranched alkanes of at least 4 members (excludes halogenated alkanes) is 2. The molecule has 0 aliphatic heterocycles. The van der Waals surface area contributed by atoms with Gasteiger partial charge in [-0.1, -0.05) is 25.8 Å². The Labute approximate surface area is 110 Å². The third-order valence-electron chi connectivity index (χ3n) is 3.07. The van der Waals surface area contributed by atoms with Crippen molar-refractivity contribution in [3.05, 3.63) is 45.8 Å². The summed E-state index contributed by atoms with van der Waals surface area (Å²) in [4.78, 5) is 22.7. The zero-order chi connectivity index (χ0) is 13.8. The van der Waals surface area contributed by atoms with E-state index in [4.69, 9.17) is 9.52 Å². The van der Waals surface area contributed by atoms with Crippen LogP contribution < -0.4 is 5.43 Å². The molecule has 0 aliphatic carbocycles. The predicted molar refractivity (Wildman–Crippen MR) is 72.7 cm³/mol. The molecule has 0 saturated heterocycles. The highest BCUT2D eigenvalue weighted by Crippen LogP contribution is 2.16. The number of aryl methyl sites for hydroxylation is 1. The van der Waals surface area contributed by atoms with Gasteiger partial charge in [0.1, 0.15) is 5.58 Å². The number of hydrogen-bond acceptors (Lipinski definition) is 3. The molecule has 0 aliphatic rings. The monoisotopic (exact) mass is 260 g/mol. The topological polar surface area (TPSA) is 67.5 Å². The van der Waals surface area contributed by atoms with Crippen LogP contribution in [-0.2, 0) is 6.42 Å². The zero-order valence-corrected chi connectivity index (χ0v) is 10.8. The molecule has 0 spiro atoms. The zero-order valence-electron chi connectivity index (χ0n) is 10.8. The minimum Gasteiger partial charge on any atom is -0.475 e. The maximum atomic E-state index is 11.9. The van der Waals surface area contributed by atoms with Gasteiger partial charge in [0.2, 0.25) is 5.76 Å². The summed E-state index contributed by atoms with van der Waals surface area (Å²) in [7, 11) is 0. The second kappa shape index (κ2) is 5.69. The highest BCUT2D eigenvalue weighted by molar-refractivity contribution is 5.87. The van der Waals surface area contributed by atoms with Crippen LogP contribution in [0.5, 0.6) is 0 Å². The molecule has 0 fully saturated rings. The average Bonchev–Trinajstić information content (AvgIpc) is 2.39. The fourth-order valence-electron chi connectivity index (χ4n) is 2.04. The Morgan fingerprint density at radius 2 is 2.05 bits per heavy atom. The van der Waals surface area contributed by atoms with Crippen molar-refractivity contribution in [1.29, 1.82) is 0 Å². The predicted octanol–water partition coefficient (Wildman–Crippen LogP) is 3.22. The van der Waals surface area contributed by atoms with E-state index in [2.05, 4.69) is 6.92 Å². The maximum absolute atomic E-state index is 11.9. The molecule has 0 amide bonds. The summed E-state index contributed by atoms with van der Waals surface area (Å²) in [5.74, 6) is -1.55. The van der Waals surface area contributed by atoms with E-state index < -0.39 is 5.97 Å². The standard InChI is InChI=1S/C15H16O4/c1-2-3-4-5-10-6-7-13-11(8-10)12(16)9-14(19-13)15(17)18/h6-9H,2-5H2,1H3,(H,17,18). The minimum atomic E-state index is -1.23. The number of rotatable bonds is 5. The van der Waals surface area contributed by atoms with Gasteiger partial charge in [0.25, 0.3) is 0 Å². The minimum absolute atomic E-state index is 0.309. The van der Waals surface area contributed by atoms with Gasteiger partial charge in [-0.15, -0.1) is 0 Å². The molecule has 2 aromatic rings. The van der Waals surface area contributed by atoms with Gasteiger partial charge in [0.15, 0.2) is 5.43 Å². The molecular formula is C15H16O4. The van der Waals surface area contributed by atoms with E-state index in [1.54, 1.807) is 12.1 Å². The van der Waals surface area contributed by atoms with Crippen LogP contribution in [0.1, 0.15) is 42.3 Å². The van der Waals surface area contributed by atoms with Gasteiger partial charge in [-0.25, -0.2) is 4.79 Å². The summed E-state index contributed by atoms with van der Waals surface area (Å²) in [6, 6.07) is 6.37. The summed E-state index contributed by atoms with van der Waals surface area (Å²) in [5, 5.41) is 9.28. The molecule has 1 aromatic carbocycles. The smallest absolute Gasteiger partial charge is 0.371 e. The lowest BCUT2D eigenvalue weighted by Crippen LogP contribution is -2.06. The van der Waals surface area contributed by atoms with E-state index >= 15 is 0 Å². The number of carboxylic acid groups (broad SMARTS) is 1. The van der Waals surface area contributed by atoms with Crippen LogP contribution in [0.3, 0.4) is 0 Å². The molecule has 4 heteroatoms. The normalized spacial score (nSPS) is 10.8. The molecule has 4 nitrogen and oxygen atoms in total. The van der Waals surface area contributed by atoms with Gasteiger partial charge in [0.05, 0.1) is 5.39 Å². The summed E-state index contributed by atoms with van der Waals surface area (Å²) in [5.41, 5.74) is 1.09. The summed E-state index contributed by atoms with van der Waals surface area (Å²) in [6.07, 6.45) is 4.31. The number of aromatic carboxylic acids is 1. The van der Waals surface area contributed by atoms with Crippen LogP contribution in [0.15, 0.2) is 33.5 Å². The molecule has 0 radical (unpaired) electrons. The van der Waals surface area contributed by atoms with Crippen LogP contribution in [0.2, 0.25) is 0 Å². The number of hydrogen-bond donors (Lipinski definition) is 1. The Bertz CT molecular complexity index is 655. The lowest BCUT2D eigenvalue weighted by atomic mass is 10.0. The van der Waals surface area contributed by atoms with Gasteiger partial charge >= 0.3 is 5.97 Å². The highest BCUT2D eigenvalue weighted by Gasteiger charge is 2.10. The third-order valence-corrected chi connectivity index (χ3v) is 3.07. The Balaban J connectivity index is 2.38. The second-order valence-electron chi connectivity index (χ2n) is 4.57. The van der Waals surface area contributed by atoms with Crippen molar-refractivity contribution in [2.75, 3.05) is 0 Å². The molecule has 0 unspecified atom stereocenters. The van der Waals surface area contributed by atoms with Gasteiger partial charge in [-0.2, -0.15) is 0 Å². The second-order valence-corrected chi connectivity index (χ2v) is 4.57. The Kier molecular flexibility index (Phi) is 4.00. The van der Waals surface area contributed by atoms with E-state index in [1.807, 2.05) is 6.07 Å². The van der Waals surface area contributed by atoms with Crippen molar-refractivity contribution in [2.24, 2.45) is 0 Å². The summed E-state index contributed by atoms with van der Waals surface area (Å²) >= 11 is 0. The number of carbonyl (C=O) groups is 1. The molecule has 0 bridgehead atoms. The number of carboxylic acids is 1. The van der Waals surface area contributed by atoms with Gasteiger partial charge < -0.3 is 9.52 Å². The third kappa shape index (κ3) is 3.02. The van der Waals surface area contributed by atoms with Gasteiger partial charge in [0, 0.05) is 6.07 Å². The first-order valence-corrected chi connectivity index (χ1v) is 6.42. The molecule has 1 aromatic heterocycles. The summed E-state index contributed by atoms with van der Waals surface area (Å²) < 4.78 is 5.19. The van der Waals surface area contributed by atoms with E-state index in [0.717, 1.165) is 37.3 Å². The Morgan fingerprint density at radius 1 is 1.26 bits per heavy atom. The number of fused-ring (bicyclic) bond motifs is 1. The molecule has 19 heavy (non-hydrogen) atoms. The first-order chi connectivity index (χ1) is 9.11. The van der Waals surface area contributed by atoms with Crippen molar-refractivity contribution in [1.82, 2.24) is 0 Å². The van der Waals surface area contributed by atoms with Crippen molar-refractivity contribution in [3.63, 3.8) is 0 Å². The first kappa shape index (κ1) is 13.3. The molecule has 1 N–H and O–H groups in total. The van der Waals surface area contributed by atoms with Crippen LogP contribution >= 0.6 is 0 Å². The van der Waals surface area contributed by atoms with E-state index in [9.17, 15) is 9.59 Å². The quantitative estimate of drug-likeness (QED) is 0.838. The molecular weight excluding hydrogens is 244 g/mol. The van der Waals surface area contributed by atoms with Crippen molar-refractivity contribution in [2.45, 2.75) is 32.6 Å². The SMILES string of the molecule is CCCCCc1ccc2oc(C(=O)O)cc(=O)c2c1. The Morgan fingerprint density at radius 3 is 2.74 bits per heavy atom. The van der Waals surface area contributed by atoms with Crippen LogP contribution in [0.25, 0.3) is 11.0 Å². The van der Waals surface area contributed by atoms with Gasteiger partial charge in [-0.05, 0) is 30.5 Å². The Hall–Kier alpha value is -2.10. The largest absolute Gasteiger partial charge is 0.475 e. The van der Waals surface area contributed by atoms with Crippen molar-refractivity contribution >= 4 is 16.9 Å². The van der Waals surface area contributed by atoms with Gasteiger partial charge in [-0.3, -0.25) is 4.79 Å². The maximum Gasteiger partial charge on any atom is 0.371 e. The highest BCUT2D eigenvalue weighted by atomic mass is 16.4. The lowest BCUT2D eigenvalue weighted by Gasteiger charge is -2.03. The van der Waals surface area contributed by atoms with Crippen molar-refractivity contribution < 1.29 is 14.3 Å². The fraction of sp³-hybridized carbons (Fsp3) is 0.333. The van der Waals surface area contributed by atoms with Crippen LogP contribution in [0.4, 0.5) is 0 Å². The molecule has 0 saturated carbocycles. The number of benzene rings is 1. The molecule has 1 heterocycles. The molecule has 0 atom stereocenters. The van der Waals surface area contributed by atoms with Crippen molar-refractivity contribution in [3.8, 4) is 0 Å². The lowest BCUT2D eigenvalue weighted by molar-refractivity contribution is 0.0663. The molecule has 100 valence electrons. The first-order valence-electron chi connectivity index (χ1n) is 6.42.